The van der Waals surface area contributed by atoms with E-state index in [2.05, 4.69) is 15.3 Å². The molecule has 1 N–H and O–H groups in total. The first-order valence-electron chi connectivity index (χ1n) is 6.40. The summed E-state index contributed by atoms with van der Waals surface area (Å²) in [6.45, 7) is 3.74. The standard InChI is InChI=1S/C15H13N3OS2/c1-9-13(21-10(2)16-9)14(19)18-15-17-12(8-20-15)11-6-4-3-5-7-11/h3-8H,1-2H3,(H,17,18,19). The molecule has 6 heteroatoms. The second-order valence-corrected chi connectivity index (χ2v) is 6.57. The van der Waals surface area contributed by atoms with Crippen LogP contribution >= 0.6 is 22.7 Å². The predicted octanol–water partition coefficient (Wildman–Crippen LogP) is 4.14. The van der Waals surface area contributed by atoms with Crippen LogP contribution in [0.5, 0.6) is 0 Å². The van der Waals surface area contributed by atoms with Gasteiger partial charge in [-0.3, -0.25) is 10.1 Å². The lowest BCUT2D eigenvalue weighted by Gasteiger charge is -1.99. The van der Waals surface area contributed by atoms with Crippen molar-refractivity contribution in [1.82, 2.24) is 9.97 Å². The number of aromatic nitrogens is 2. The van der Waals surface area contributed by atoms with Crippen LogP contribution in [0.2, 0.25) is 0 Å². The van der Waals surface area contributed by atoms with Gasteiger partial charge in [0.2, 0.25) is 0 Å². The second kappa shape index (κ2) is 5.75. The molecule has 0 aliphatic heterocycles. The highest BCUT2D eigenvalue weighted by molar-refractivity contribution is 7.15. The Kier molecular flexibility index (Phi) is 3.81. The topological polar surface area (TPSA) is 54.9 Å². The van der Waals surface area contributed by atoms with Gasteiger partial charge in [0.05, 0.1) is 16.4 Å². The normalized spacial score (nSPS) is 10.6. The SMILES string of the molecule is Cc1nc(C)c(C(=O)Nc2nc(-c3ccccc3)cs2)s1. The number of rotatable bonds is 3. The first kappa shape index (κ1) is 13.9. The minimum absolute atomic E-state index is 0.146. The molecule has 21 heavy (non-hydrogen) atoms. The van der Waals surface area contributed by atoms with Crippen LogP contribution in [0, 0.1) is 13.8 Å². The molecule has 0 saturated heterocycles. The molecular weight excluding hydrogens is 302 g/mol. The molecule has 0 fully saturated rings. The Balaban J connectivity index is 1.79. The van der Waals surface area contributed by atoms with Crippen molar-refractivity contribution in [2.75, 3.05) is 5.32 Å². The highest BCUT2D eigenvalue weighted by atomic mass is 32.1. The number of hydrogen-bond acceptors (Lipinski definition) is 5. The molecule has 0 bridgehead atoms. The molecule has 1 amide bonds. The number of amides is 1. The zero-order valence-corrected chi connectivity index (χ0v) is 13.2. The molecule has 0 aliphatic rings. The van der Waals surface area contributed by atoms with Gasteiger partial charge < -0.3 is 0 Å². The molecule has 0 unspecified atom stereocenters. The van der Waals surface area contributed by atoms with Crippen LogP contribution in [0.3, 0.4) is 0 Å². The van der Waals surface area contributed by atoms with Crippen molar-refractivity contribution in [2.45, 2.75) is 13.8 Å². The Bertz CT molecular complexity index is 777. The van der Waals surface area contributed by atoms with Crippen LogP contribution in [0.15, 0.2) is 35.7 Å². The molecule has 3 rings (SSSR count). The maximum atomic E-state index is 12.2. The Morgan fingerprint density at radius 3 is 2.57 bits per heavy atom. The summed E-state index contributed by atoms with van der Waals surface area (Å²) in [6, 6.07) is 9.90. The fraction of sp³-hybridized carbons (Fsp3) is 0.133. The van der Waals surface area contributed by atoms with Gasteiger partial charge in [-0.2, -0.15) is 0 Å². The maximum absolute atomic E-state index is 12.2. The number of nitrogens with zero attached hydrogens (tertiary/aromatic N) is 2. The summed E-state index contributed by atoms with van der Waals surface area (Å²) in [4.78, 5) is 21.6. The third kappa shape index (κ3) is 3.01. The Labute approximate surface area is 130 Å². The van der Waals surface area contributed by atoms with E-state index in [1.165, 1.54) is 22.7 Å². The predicted molar refractivity (Wildman–Crippen MR) is 87.1 cm³/mol. The molecule has 0 radical (unpaired) electrons. The van der Waals surface area contributed by atoms with Crippen molar-refractivity contribution >= 4 is 33.7 Å². The molecule has 0 spiro atoms. The first-order valence-corrected chi connectivity index (χ1v) is 8.09. The van der Waals surface area contributed by atoms with Gasteiger partial charge in [-0.15, -0.1) is 22.7 Å². The van der Waals surface area contributed by atoms with Crippen molar-refractivity contribution in [2.24, 2.45) is 0 Å². The second-order valence-electron chi connectivity index (χ2n) is 4.51. The molecular formula is C15H13N3OS2. The molecule has 0 atom stereocenters. The van der Waals surface area contributed by atoms with Crippen LogP contribution < -0.4 is 5.32 Å². The lowest BCUT2D eigenvalue weighted by atomic mass is 10.2. The highest BCUT2D eigenvalue weighted by Gasteiger charge is 2.15. The van der Waals surface area contributed by atoms with Gasteiger partial charge in [-0.1, -0.05) is 30.3 Å². The van der Waals surface area contributed by atoms with Gasteiger partial charge in [-0.25, -0.2) is 9.97 Å². The number of hydrogen-bond donors (Lipinski definition) is 1. The van der Waals surface area contributed by atoms with E-state index in [0.29, 0.717) is 10.0 Å². The lowest BCUT2D eigenvalue weighted by molar-refractivity contribution is 0.103. The summed E-state index contributed by atoms with van der Waals surface area (Å²) in [7, 11) is 0. The van der Waals surface area contributed by atoms with Crippen molar-refractivity contribution in [3.8, 4) is 11.3 Å². The van der Waals surface area contributed by atoms with Crippen LogP contribution in [-0.2, 0) is 0 Å². The van der Waals surface area contributed by atoms with Gasteiger partial charge in [0.25, 0.3) is 5.91 Å². The number of nitrogens with one attached hydrogen (secondary N) is 1. The van der Waals surface area contributed by atoms with E-state index in [1.807, 2.05) is 49.6 Å². The van der Waals surface area contributed by atoms with E-state index >= 15 is 0 Å². The number of aryl methyl sites for hydroxylation is 2. The van der Waals surface area contributed by atoms with Crippen LogP contribution in [0.25, 0.3) is 11.3 Å². The van der Waals surface area contributed by atoms with E-state index in [0.717, 1.165) is 22.0 Å². The Morgan fingerprint density at radius 2 is 1.90 bits per heavy atom. The maximum Gasteiger partial charge on any atom is 0.269 e. The molecule has 2 heterocycles. The van der Waals surface area contributed by atoms with E-state index < -0.39 is 0 Å². The number of carbonyl (C=O) groups is 1. The minimum atomic E-state index is -0.146. The summed E-state index contributed by atoms with van der Waals surface area (Å²) in [6.07, 6.45) is 0. The average molecular weight is 315 g/mol. The van der Waals surface area contributed by atoms with E-state index in [9.17, 15) is 4.79 Å². The highest BCUT2D eigenvalue weighted by Crippen LogP contribution is 2.26. The van der Waals surface area contributed by atoms with E-state index in [4.69, 9.17) is 0 Å². The number of anilines is 1. The lowest BCUT2D eigenvalue weighted by Crippen LogP contribution is -2.11. The van der Waals surface area contributed by atoms with Crippen molar-refractivity contribution in [3.63, 3.8) is 0 Å². The van der Waals surface area contributed by atoms with Gasteiger partial charge in [0.15, 0.2) is 5.13 Å². The van der Waals surface area contributed by atoms with Crippen LogP contribution in [-0.4, -0.2) is 15.9 Å². The molecule has 2 aromatic heterocycles. The molecule has 0 aliphatic carbocycles. The largest absolute Gasteiger partial charge is 0.297 e. The quantitative estimate of drug-likeness (QED) is 0.790. The molecule has 1 aromatic carbocycles. The van der Waals surface area contributed by atoms with Crippen LogP contribution in [0.1, 0.15) is 20.4 Å². The average Bonchev–Trinajstić information content (AvgIpc) is 3.06. The first-order chi connectivity index (χ1) is 10.1. The fourth-order valence-electron chi connectivity index (χ4n) is 1.97. The number of carbonyl (C=O) groups excluding carboxylic acids is 1. The third-order valence-electron chi connectivity index (χ3n) is 2.90. The number of benzene rings is 1. The minimum Gasteiger partial charge on any atom is -0.297 e. The molecule has 3 aromatic rings. The summed E-state index contributed by atoms with van der Waals surface area (Å²) >= 11 is 2.82. The van der Waals surface area contributed by atoms with Gasteiger partial charge >= 0.3 is 0 Å². The zero-order chi connectivity index (χ0) is 14.8. The van der Waals surface area contributed by atoms with Gasteiger partial charge in [0, 0.05) is 10.9 Å². The monoisotopic (exact) mass is 315 g/mol. The summed E-state index contributed by atoms with van der Waals surface area (Å²) in [5, 5.41) is 6.27. The van der Waals surface area contributed by atoms with Crippen molar-refractivity contribution in [1.29, 1.82) is 0 Å². The van der Waals surface area contributed by atoms with Gasteiger partial charge in [0.1, 0.15) is 4.88 Å². The molecule has 0 saturated carbocycles. The Morgan fingerprint density at radius 1 is 1.14 bits per heavy atom. The Hall–Kier alpha value is -2.05. The van der Waals surface area contributed by atoms with Crippen LogP contribution in [0.4, 0.5) is 5.13 Å². The van der Waals surface area contributed by atoms with E-state index in [1.54, 1.807) is 0 Å². The third-order valence-corrected chi connectivity index (χ3v) is 4.73. The van der Waals surface area contributed by atoms with Crippen molar-refractivity contribution in [3.05, 3.63) is 51.3 Å². The fourth-order valence-corrected chi connectivity index (χ4v) is 3.50. The molecule has 4 nitrogen and oxygen atoms in total. The summed E-state index contributed by atoms with van der Waals surface area (Å²) in [5.74, 6) is -0.146. The molecule has 106 valence electrons. The number of thiazole rings is 2. The summed E-state index contributed by atoms with van der Waals surface area (Å²) in [5.41, 5.74) is 2.67. The van der Waals surface area contributed by atoms with E-state index in [-0.39, 0.29) is 5.91 Å². The summed E-state index contributed by atoms with van der Waals surface area (Å²) < 4.78 is 0. The van der Waals surface area contributed by atoms with Gasteiger partial charge in [-0.05, 0) is 13.8 Å². The van der Waals surface area contributed by atoms with Crippen molar-refractivity contribution < 1.29 is 4.79 Å². The zero-order valence-electron chi connectivity index (χ0n) is 11.6. The smallest absolute Gasteiger partial charge is 0.269 e.